The van der Waals surface area contributed by atoms with Crippen LogP contribution >= 0.6 is 0 Å². The Morgan fingerprint density at radius 1 is 1.33 bits per heavy atom. The first kappa shape index (κ1) is 9.24. The second-order valence-electron chi connectivity index (χ2n) is 2.46. The lowest BCUT2D eigenvalue weighted by molar-refractivity contribution is -0.125. The van der Waals surface area contributed by atoms with Crippen molar-refractivity contribution in [1.29, 1.82) is 0 Å². The quantitative estimate of drug-likeness (QED) is 0.275. The summed E-state index contributed by atoms with van der Waals surface area (Å²) >= 11 is 0. The molecule has 1 heterocycles. The molecule has 0 bridgehead atoms. The fourth-order valence-electron chi connectivity index (χ4n) is 0.997. The van der Waals surface area contributed by atoms with Crippen LogP contribution in [0, 0.1) is 0 Å². The Labute approximate surface area is 67.8 Å². The monoisotopic (exact) mass is 175 g/mol. The molecule has 1 saturated heterocycles. The smallest absolute Gasteiger partial charge is 0.183 e. The molecule has 4 atom stereocenters. The van der Waals surface area contributed by atoms with Gasteiger partial charge in [-0.15, -0.1) is 0 Å². The molecule has 0 aromatic heterocycles. The largest absolute Gasteiger partial charge is 0.387 e. The Morgan fingerprint density at radius 2 is 2.00 bits per heavy atom. The Balaban J connectivity index is 2.52. The average molecular weight is 175 g/mol. The van der Waals surface area contributed by atoms with E-state index in [0.29, 0.717) is 0 Å². The first-order valence-corrected chi connectivity index (χ1v) is 3.37. The predicted molar refractivity (Wildman–Crippen MR) is 36.9 cm³/mol. The van der Waals surface area contributed by atoms with E-state index < -0.39 is 24.6 Å². The number of ether oxygens (including phenoxy) is 1. The van der Waals surface area contributed by atoms with E-state index in [1.807, 2.05) is 0 Å². The molecule has 3 unspecified atom stereocenters. The van der Waals surface area contributed by atoms with E-state index in [1.165, 1.54) is 0 Å². The molecule has 7 nitrogen and oxygen atoms in total. The molecular formula is C5H9N3O4. The van der Waals surface area contributed by atoms with Crippen molar-refractivity contribution >= 4 is 0 Å². The minimum Gasteiger partial charge on any atom is -0.387 e. The molecule has 68 valence electrons. The highest BCUT2D eigenvalue weighted by Crippen LogP contribution is 2.19. The molecule has 1 aliphatic heterocycles. The highest BCUT2D eigenvalue weighted by atomic mass is 16.6. The highest BCUT2D eigenvalue weighted by molar-refractivity contribution is 4.86. The summed E-state index contributed by atoms with van der Waals surface area (Å²) in [5.74, 6) is 0. The number of aliphatic hydroxyl groups is 3. The zero-order valence-electron chi connectivity index (χ0n) is 6.11. The Bertz CT molecular complexity index is 205. The number of hydrogen-bond donors (Lipinski definition) is 3. The van der Waals surface area contributed by atoms with Crippen molar-refractivity contribution in [3.8, 4) is 0 Å². The summed E-state index contributed by atoms with van der Waals surface area (Å²) in [5.41, 5.74) is 7.94. The van der Waals surface area contributed by atoms with E-state index >= 15 is 0 Å². The van der Waals surface area contributed by atoms with Crippen LogP contribution in [0.2, 0.25) is 0 Å². The Hall–Kier alpha value is -0.850. The molecule has 0 saturated carbocycles. The number of hydrogen-bond acceptors (Lipinski definition) is 5. The molecule has 0 amide bonds. The maximum Gasteiger partial charge on any atom is 0.183 e. The summed E-state index contributed by atoms with van der Waals surface area (Å²) in [6.07, 6.45) is -4.76. The number of nitrogens with zero attached hydrogens (tertiary/aromatic N) is 3. The summed E-state index contributed by atoms with van der Waals surface area (Å²) in [4.78, 5) is 2.45. The van der Waals surface area contributed by atoms with E-state index in [-0.39, 0.29) is 6.54 Å². The summed E-state index contributed by atoms with van der Waals surface area (Å²) in [7, 11) is 0. The summed E-state index contributed by atoms with van der Waals surface area (Å²) in [5, 5.41) is 30.1. The lowest BCUT2D eigenvalue weighted by atomic mass is 10.1. The van der Waals surface area contributed by atoms with Gasteiger partial charge in [0.25, 0.3) is 0 Å². The zero-order valence-corrected chi connectivity index (χ0v) is 6.11. The van der Waals surface area contributed by atoms with Gasteiger partial charge in [-0.2, -0.15) is 0 Å². The predicted octanol–water partition coefficient (Wildman–Crippen LogP) is -1.26. The van der Waals surface area contributed by atoms with Gasteiger partial charge < -0.3 is 20.1 Å². The fraction of sp³-hybridized carbons (Fsp3) is 1.00. The Morgan fingerprint density at radius 3 is 2.42 bits per heavy atom. The van der Waals surface area contributed by atoms with E-state index in [4.69, 9.17) is 20.9 Å². The van der Waals surface area contributed by atoms with Crippen LogP contribution in [-0.2, 0) is 4.74 Å². The molecule has 1 rings (SSSR count). The van der Waals surface area contributed by atoms with Gasteiger partial charge in [0.2, 0.25) is 0 Å². The van der Waals surface area contributed by atoms with Crippen molar-refractivity contribution in [2.24, 2.45) is 5.11 Å². The molecule has 7 heteroatoms. The first-order chi connectivity index (χ1) is 5.66. The SMILES string of the molecule is [N-]=[N+]=NC[C@H]1OC(O)C(O)C1O. The van der Waals surface area contributed by atoms with Gasteiger partial charge in [0, 0.05) is 4.91 Å². The Kier molecular flexibility index (Phi) is 2.85. The third-order valence-corrected chi connectivity index (χ3v) is 1.66. The molecule has 1 fully saturated rings. The second kappa shape index (κ2) is 3.70. The normalized spacial score (nSPS) is 40.9. The number of aliphatic hydroxyl groups excluding tert-OH is 3. The van der Waals surface area contributed by atoms with E-state index in [1.54, 1.807) is 0 Å². The molecule has 0 aromatic rings. The van der Waals surface area contributed by atoms with Crippen molar-refractivity contribution in [3.05, 3.63) is 10.4 Å². The van der Waals surface area contributed by atoms with Crippen LogP contribution in [-0.4, -0.2) is 46.5 Å². The minimum absolute atomic E-state index is 0.105. The van der Waals surface area contributed by atoms with Crippen LogP contribution in [0.3, 0.4) is 0 Å². The molecule has 0 aliphatic carbocycles. The molecule has 0 aromatic carbocycles. The van der Waals surface area contributed by atoms with Crippen molar-refractivity contribution in [3.63, 3.8) is 0 Å². The lowest BCUT2D eigenvalue weighted by Gasteiger charge is -2.10. The minimum atomic E-state index is -1.40. The standard InChI is InChI=1S/C5H9N3O4/c6-8-7-1-2-3(9)4(10)5(11)12-2/h2-5,9-11H,1H2/t2-,3?,4?,5?/m1/s1. The molecule has 12 heavy (non-hydrogen) atoms. The summed E-state index contributed by atoms with van der Waals surface area (Å²) in [6, 6.07) is 0. The van der Waals surface area contributed by atoms with Gasteiger partial charge >= 0.3 is 0 Å². The van der Waals surface area contributed by atoms with Gasteiger partial charge in [0.1, 0.15) is 12.2 Å². The van der Waals surface area contributed by atoms with Crippen LogP contribution in [0.5, 0.6) is 0 Å². The number of rotatable bonds is 2. The van der Waals surface area contributed by atoms with Crippen LogP contribution in [0.15, 0.2) is 5.11 Å². The van der Waals surface area contributed by atoms with Crippen molar-refractivity contribution < 1.29 is 20.1 Å². The highest BCUT2D eigenvalue weighted by Gasteiger charge is 2.41. The van der Waals surface area contributed by atoms with Crippen LogP contribution in [0.25, 0.3) is 10.4 Å². The van der Waals surface area contributed by atoms with E-state index in [0.717, 1.165) is 0 Å². The topological polar surface area (TPSA) is 119 Å². The van der Waals surface area contributed by atoms with Gasteiger partial charge in [-0.25, -0.2) is 0 Å². The molecule has 0 radical (unpaired) electrons. The van der Waals surface area contributed by atoms with Gasteiger partial charge in [0.15, 0.2) is 6.29 Å². The number of azide groups is 1. The molecular weight excluding hydrogens is 166 g/mol. The maximum absolute atomic E-state index is 9.14. The van der Waals surface area contributed by atoms with Crippen molar-refractivity contribution in [2.75, 3.05) is 6.54 Å². The van der Waals surface area contributed by atoms with Crippen molar-refractivity contribution in [2.45, 2.75) is 24.6 Å². The van der Waals surface area contributed by atoms with Crippen LogP contribution < -0.4 is 0 Å². The van der Waals surface area contributed by atoms with Gasteiger partial charge in [-0.05, 0) is 5.53 Å². The van der Waals surface area contributed by atoms with Crippen LogP contribution in [0.1, 0.15) is 0 Å². The maximum atomic E-state index is 9.14. The molecule has 0 spiro atoms. The van der Waals surface area contributed by atoms with Gasteiger partial charge in [-0.3, -0.25) is 0 Å². The van der Waals surface area contributed by atoms with E-state index in [9.17, 15) is 0 Å². The fourth-order valence-corrected chi connectivity index (χ4v) is 0.997. The molecule has 1 aliphatic rings. The van der Waals surface area contributed by atoms with E-state index in [2.05, 4.69) is 14.8 Å². The van der Waals surface area contributed by atoms with Crippen molar-refractivity contribution in [1.82, 2.24) is 0 Å². The lowest BCUT2D eigenvalue weighted by Crippen LogP contribution is -2.33. The summed E-state index contributed by atoms with van der Waals surface area (Å²) < 4.78 is 4.68. The van der Waals surface area contributed by atoms with Gasteiger partial charge in [0.05, 0.1) is 12.6 Å². The third kappa shape index (κ3) is 1.66. The zero-order chi connectivity index (χ0) is 9.14. The van der Waals surface area contributed by atoms with Gasteiger partial charge in [-0.1, -0.05) is 5.11 Å². The molecule has 3 N–H and O–H groups in total. The third-order valence-electron chi connectivity index (χ3n) is 1.66. The summed E-state index contributed by atoms with van der Waals surface area (Å²) in [6.45, 7) is -0.105. The average Bonchev–Trinajstić information content (AvgIpc) is 2.30. The second-order valence-corrected chi connectivity index (χ2v) is 2.46. The first-order valence-electron chi connectivity index (χ1n) is 3.37. The van der Waals surface area contributed by atoms with Crippen LogP contribution in [0.4, 0.5) is 0 Å².